The van der Waals surface area contributed by atoms with Gasteiger partial charge in [-0.1, -0.05) is 54.6 Å². The van der Waals surface area contributed by atoms with E-state index in [0.29, 0.717) is 30.1 Å². The third-order valence-electron chi connectivity index (χ3n) is 6.65. The van der Waals surface area contributed by atoms with E-state index in [0.717, 1.165) is 16.8 Å². The molecular weight excluding hydrogens is 484 g/mol. The third kappa shape index (κ3) is 4.78. The minimum atomic E-state index is -0.678. The highest BCUT2D eigenvalue weighted by Crippen LogP contribution is 2.40. The van der Waals surface area contributed by atoms with Crippen molar-refractivity contribution in [1.29, 1.82) is 0 Å². The van der Waals surface area contributed by atoms with Gasteiger partial charge in [-0.2, -0.15) is 5.10 Å². The lowest BCUT2D eigenvalue weighted by molar-refractivity contribution is 0.354. The molecule has 9 nitrogen and oxygen atoms in total. The van der Waals surface area contributed by atoms with E-state index in [2.05, 4.69) is 4.98 Å². The number of H-pyrrole nitrogens is 1. The Morgan fingerprint density at radius 3 is 2.32 bits per heavy atom. The molecule has 0 radical (unpaired) electrons. The number of hydrazone groups is 1. The third-order valence-corrected chi connectivity index (χ3v) is 6.65. The molecule has 0 fully saturated rings. The summed E-state index contributed by atoms with van der Waals surface area (Å²) >= 11 is 0. The molecule has 0 saturated carbocycles. The van der Waals surface area contributed by atoms with Gasteiger partial charge in [0.1, 0.15) is 5.56 Å². The van der Waals surface area contributed by atoms with E-state index in [-0.39, 0.29) is 18.2 Å². The van der Waals surface area contributed by atoms with Crippen molar-refractivity contribution in [3.8, 4) is 17.4 Å². The minimum Gasteiger partial charge on any atom is -0.494 e. The van der Waals surface area contributed by atoms with E-state index in [1.54, 1.807) is 14.2 Å². The Bertz CT molecular complexity index is 1580. The molecule has 5 rings (SSSR count). The van der Waals surface area contributed by atoms with E-state index in [1.807, 2.05) is 83.9 Å². The first kappa shape index (κ1) is 24.9. The Kier molecular flexibility index (Phi) is 6.99. The van der Waals surface area contributed by atoms with Crippen LogP contribution in [0.3, 0.4) is 0 Å². The SMILES string of the molecule is COc1ccc([C@H]2CC(c3c(O)n(CCc4ccccc4)c(=O)[nH]c3=O)=NN2c2ccccc2)cc1OC. The van der Waals surface area contributed by atoms with Crippen LogP contribution in [-0.2, 0) is 13.0 Å². The number of aryl methyl sites for hydroxylation is 1. The largest absolute Gasteiger partial charge is 0.494 e. The second kappa shape index (κ2) is 10.7. The van der Waals surface area contributed by atoms with Crippen LogP contribution in [0.15, 0.2) is 93.6 Å². The Labute approximate surface area is 219 Å². The number of rotatable bonds is 8. The Morgan fingerprint density at radius 2 is 1.63 bits per heavy atom. The highest BCUT2D eigenvalue weighted by molar-refractivity contribution is 6.04. The van der Waals surface area contributed by atoms with Crippen molar-refractivity contribution in [1.82, 2.24) is 9.55 Å². The Hall–Kier alpha value is -4.79. The van der Waals surface area contributed by atoms with Crippen molar-refractivity contribution < 1.29 is 14.6 Å². The number of hydrogen-bond acceptors (Lipinski definition) is 7. The number of nitrogens with zero attached hydrogens (tertiary/aromatic N) is 3. The van der Waals surface area contributed by atoms with E-state index < -0.39 is 17.1 Å². The molecule has 0 bridgehead atoms. The first-order chi connectivity index (χ1) is 18.5. The van der Waals surface area contributed by atoms with Crippen molar-refractivity contribution in [2.45, 2.75) is 25.4 Å². The number of aromatic nitrogens is 2. The molecule has 0 aliphatic carbocycles. The van der Waals surface area contributed by atoms with Gasteiger partial charge in [0.2, 0.25) is 5.88 Å². The molecule has 4 aromatic rings. The summed E-state index contributed by atoms with van der Waals surface area (Å²) in [5.74, 6) is 0.775. The number of para-hydroxylation sites is 1. The smallest absolute Gasteiger partial charge is 0.331 e. The molecule has 2 N–H and O–H groups in total. The molecule has 1 aromatic heterocycles. The highest BCUT2D eigenvalue weighted by atomic mass is 16.5. The number of ether oxygens (including phenoxy) is 2. The van der Waals surface area contributed by atoms with Crippen molar-refractivity contribution in [2.75, 3.05) is 19.2 Å². The summed E-state index contributed by atoms with van der Waals surface area (Å²) in [7, 11) is 3.15. The number of benzene rings is 3. The van der Waals surface area contributed by atoms with E-state index >= 15 is 0 Å². The summed E-state index contributed by atoms with van der Waals surface area (Å²) in [5.41, 5.74) is 1.73. The van der Waals surface area contributed by atoms with Gasteiger partial charge in [-0.15, -0.1) is 0 Å². The van der Waals surface area contributed by atoms with Crippen LogP contribution >= 0.6 is 0 Å². The van der Waals surface area contributed by atoms with Gasteiger partial charge < -0.3 is 14.6 Å². The zero-order valence-corrected chi connectivity index (χ0v) is 21.1. The summed E-state index contributed by atoms with van der Waals surface area (Å²) < 4.78 is 12.1. The Balaban J connectivity index is 1.55. The first-order valence-electron chi connectivity index (χ1n) is 12.2. The van der Waals surface area contributed by atoms with E-state index in [1.165, 1.54) is 4.57 Å². The van der Waals surface area contributed by atoms with Crippen LogP contribution in [-0.4, -0.2) is 34.6 Å². The van der Waals surface area contributed by atoms with Crippen LogP contribution in [0.25, 0.3) is 0 Å². The average Bonchev–Trinajstić information content (AvgIpc) is 3.38. The molecule has 1 aliphatic heterocycles. The standard InChI is InChI=1S/C29H28N4O5/c1-37-24-14-13-20(17-25(24)38-2)23-18-22(31-33(23)21-11-7-4-8-12-21)26-27(34)30-29(36)32(28(26)35)16-15-19-9-5-3-6-10-19/h3-14,17,23,35H,15-16,18H2,1-2H3,(H,30,34,36)/t23-/m1/s1. The number of nitrogens with one attached hydrogen (secondary N) is 1. The van der Waals surface area contributed by atoms with Crippen molar-refractivity contribution in [3.63, 3.8) is 0 Å². The fourth-order valence-electron chi connectivity index (χ4n) is 4.71. The maximum atomic E-state index is 13.0. The first-order valence-corrected chi connectivity index (χ1v) is 12.2. The fraction of sp³-hybridized carbons (Fsp3) is 0.207. The van der Waals surface area contributed by atoms with Gasteiger partial charge in [0.15, 0.2) is 11.5 Å². The van der Waals surface area contributed by atoms with Gasteiger partial charge in [0, 0.05) is 13.0 Å². The average molecular weight is 513 g/mol. The predicted molar refractivity (Wildman–Crippen MR) is 145 cm³/mol. The lowest BCUT2D eigenvalue weighted by Crippen LogP contribution is -2.34. The number of aromatic amines is 1. The maximum Gasteiger partial charge on any atom is 0.331 e. The number of hydrogen-bond donors (Lipinski definition) is 2. The molecule has 0 saturated heterocycles. The topological polar surface area (TPSA) is 109 Å². The molecule has 0 amide bonds. The summed E-state index contributed by atoms with van der Waals surface area (Å²) in [6.45, 7) is 0.202. The lowest BCUT2D eigenvalue weighted by Gasteiger charge is -2.24. The van der Waals surface area contributed by atoms with E-state index in [4.69, 9.17) is 14.6 Å². The molecule has 0 spiro atoms. The van der Waals surface area contributed by atoms with Crippen molar-refractivity contribution in [3.05, 3.63) is 116 Å². The van der Waals surface area contributed by atoms with Gasteiger partial charge >= 0.3 is 5.69 Å². The monoisotopic (exact) mass is 512 g/mol. The highest BCUT2D eigenvalue weighted by Gasteiger charge is 2.33. The van der Waals surface area contributed by atoms with Gasteiger partial charge in [-0.05, 0) is 41.8 Å². The van der Waals surface area contributed by atoms with Gasteiger partial charge in [0.05, 0.1) is 31.7 Å². The zero-order chi connectivity index (χ0) is 26.6. The van der Waals surface area contributed by atoms with Crippen LogP contribution in [0, 0.1) is 0 Å². The van der Waals surface area contributed by atoms with Crippen LogP contribution in [0.1, 0.15) is 29.2 Å². The molecule has 194 valence electrons. The molecule has 1 atom stereocenters. The van der Waals surface area contributed by atoms with Crippen LogP contribution in [0.4, 0.5) is 5.69 Å². The second-order valence-corrected chi connectivity index (χ2v) is 8.91. The molecule has 3 aromatic carbocycles. The summed E-state index contributed by atoms with van der Waals surface area (Å²) in [4.78, 5) is 28.0. The Morgan fingerprint density at radius 1 is 0.947 bits per heavy atom. The summed E-state index contributed by atoms with van der Waals surface area (Å²) in [5, 5.41) is 17.8. The summed E-state index contributed by atoms with van der Waals surface area (Å²) in [6.07, 6.45) is 0.828. The molecule has 2 heterocycles. The molecule has 1 aliphatic rings. The zero-order valence-electron chi connectivity index (χ0n) is 21.1. The number of anilines is 1. The maximum absolute atomic E-state index is 13.0. The van der Waals surface area contributed by atoms with Gasteiger partial charge in [0.25, 0.3) is 5.56 Å². The fourth-order valence-corrected chi connectivity index (χ4v) is 4.71. The normalized spacial score (nSPS) is 14.8. The second-order valence-electron chi connectivity index (χ2n) is 8.91. The number of methoxy groups -OCH3 is 2. The molecule has 9 heteroatoms. The quantitative estimate of drug-likeness (QED) is 0.371. The molecular formula is C29H28N4O5. The number of aromatic hydroxyl groups is 1. The molecule has 0 unspecified atom stereocenters. The van der Waals surface area contributed by atoms with Gasteiger partial charge in [-0.25, -0.2) is 4.79 Å². The van der Waals surface area contributed by atoms with Crippen LogP contribution < -0.4 is 25.7 Å². The van der Waals surface area contributed by atoms with Crippen LogP contribution in [0.2, 0.25) is 0 Å². The van der Waals surface area contributed by atoms with E-state index in [9.17, 15) is 14.7 Å². The van der Waals surface area contributed by atoms with Gasteiger partial charge in [-0.3, -0.25) is 19.4 Å². The minimum absolute atomic E-state index is 0.0124. The summed E-state index contributed by atoms with van der Waals surface area (Å²) in [6, 6.07) is 24.5. The van der Waals surface area contributed by atoms with Crippen molar-refractivity contribution >= 4 is 11.4 Å². The van der Waals surface area contributed by atoms with Crippen LogP contribution in [0.5, 0.6) is 17.4 Å². The molecule has 38 heavy (non-hydrogen) atoms. The predicted octanol–water partition coefficient (Wildman–Crippen LogP) is 3.86. The lowest BCUT2D eigenvalue weighted by atomic mass is 9.98. The van der Waals surface area contributed by atoms with Crippen molar-refractivity contribution in [2.24, 2.45) is 5.10 Å².